The summed E-state index contributed by atoms with van der Waals surface area (Å²) in [5.74, 6) is -0.967. The Kier molecular flexibility index (Phi) is 5.96. The van der Waals surface area contributed by atoms with Crippen LogP contribution in [0.2, 0.25) is 0 Å². The molecule has 0 bridgehead atoms. The van der Waals surface area contributed by atoms with Crippen molar-refractivity contribution in [2.75, 3.05) is 6.61 Å². The van der Waals surface area contributed by atoms with Gasteiger partial charge in [-0.1, -0.05) is 11.8 Å². The molecule has 0 fully saturated rings. The normalized spacial score (nSPS) is 11.3. The molecule has 0 aliphatic heterocycles. The van der Waals surface area contributed by atoms with Gasteiger partial charge >= 0.3 is 12.1 Å². The van der Waals surface area contributed by atoms with Crippen molar-refractivity contribution in [3.63, 3.8) is 0 Å². The van der Waals surface area contributed by atoms with Gasteiger partial charge in [0, 0.05) is 13.4 Å². The second-order valence-corrected chi connectivity index (χ2v) is 6.87. The molecule has 2 aromatic carbocycles. The Morgan fingerprint density at radius 3 is 2.30 bits per heavy atom. The van der Waals surface area contributed by atoms with Crippen molar-refractivity contribution in [1.82, 2.24) is 0 Å². The number of alkyl halides is 3. The molecule has 0 atom stereocenters. The summed E-state index contributed by atoms with van der Waals surface area (Å²) < 4.78 is 45.3. The van der Waals surface area contributed by atoms with Crippen LogP contribution in [0.25, 0.3) is 0 Å². The van der Waals surface area contributed by atoms with Crippen LogP contribution < -0.4 is 0 Å². The van der Waals surface area contributed by atoms with E-state index in [-0.39, 0.29) is 6.61 Å². The first-order chi connectivity index (χ1) is 10.8. The van der Waals surface area contributed by atoms with Gasteiger partial charge in [-0.2, -0.15) is 13.2 Å². The molecule has 122 valence electrons. The van der Waals surface area contributed by atoms with E-state index in [4.69, 9.17) is 0 Å². The summed E-state index contributed by atoms with van der Waals surface area (Å²) in [7, 11) is 0. The highest BCUT2D eigenvalue weighted by Gasteiger charge is 2.36. The molecule has 23 heavy (non-hydrogen) atoms. The average molecular weight is 452 g/mol. The molecule has 0 aliphatic carbocycles. The molecule has 0 saturated carbocycles. The maximum atomic E-state index is 13.2. The van der Waals surface area contributed by atoms with Gasteiger partial charge in [-0.15, -0.1) is 0 Å². The minimum atomic E-state index is -4.62. The lowest BCUT2D eigenvalue weighted by atomic mass is 10.1. The predicted molar refractivity (Wildman–Crippen MR) is 90.7 cm³/mol. The highest BCUT2D eigenvalue weighted by atomic mass is 127. The van der Waals surface area contributed by atoms with Gasteiger partial charge < -0.3 is 4.74 Å². The molecule has 2 nitrogen and oxygen atoms in total. The number of benzene rings is 2. The van der Waals surface area contributed by atoms with E-state index in [9.17, 15) is 18.0 Å². The van der Waals surface area contributed by atoms with Crippen molar-refractivity contribution in [2.45, 2.75) is 22.9 Å². The van der Waals surface area contributed by atoms with Gasteiger partial charge in [0.05, 0.1) is 17.7 Å². The van der Waals surface area contributed by atoms with E-state index in [0.29, 0.717) is 4.90 Å². The van der Waals surface area contributed by atoms with E-state index in [1.165, 1.54) is 17.8 Å². The molecule has 0 N–H and O–H groups in total. The first kappa shape index (κ1) is 18.1. The fraction of sp³-hybridized carbons (Fsp3) is 0.188. The number of ether oxygens (including phenoxy) is 1. The van der Waals surface area contributed by atoms with E-state index in [2.05, 4.69) is 27.3 Å². The van der Waals surface area contributed by atoms with Crippen LogP contribution in [-0.2, 0) is 10.9 Å². The molecule has 0 radical (unpaired) electrons. The zero-order chi connectivity index (χ0) is 17.0. The lowest BCUT2D eigenvalue weighted by molar-refractivity contribution is -0.138. The number of carbonyl (C=O) groups is 1. The van der Waals surface area contributed by atoms with Gasteiger partial charge in [0.1, 0.15) is 0 Å². The van der Waals surface area contributed by atoms with Crippen molar-refractivity contribution < 1.29 is 22.7 Å². The van der Waals surface area contributed by atoms with Gasteiger partial charge in [0.2, 0.25) is 0 Å². The lowest BCUT2D eigenvalue weighted by Crippen LogP contribution is -2.15. The van der Waals surface area contributed by atoms with Gasteiger partial charge in [0.15, 0.2) is 0 Å². The maximum Gasteiger partial charge on any atom is 0.417 e. The van der Waals surface area contributed by atoms with Crippen LogP contribution in [-0.4, -0.2) is 12.6 Å². The standard InChI is InChI=1S/C16H12F3IO2S/c1-2-22-15(21)13-8-7-12(9-14(13)16(17,18)19)23-11-5-3-10(20)4-6-11/h3-9H,2H2,1H3. The minimum Gasteiger partial charge on any atom is -0.462 e. The van der Waals surface area contributed by atoms with Crippen LogP contribution in [0.15, 0.2) is 52.3 Å². The fourth-order valence-electron chi connectivity index (χ4n) is 1.85. The molecule has 2 aromatic rings. The van der Waals surface area contributed by atoms with Crippen molar-refractivity contribution in [1.29, 1.82) is 0 Å². The number of rotatable bonds is 4. The predicted octanol–water partition coefficient (Wildman–Crippen LogP) is 5.64. The molecule has 2 rings (SSSR count). The van der Waals surface area contributed by atoms with Crippen molar-refractivity contribution >= 4 is 40.3 Å². The van der Waals surface area contributed by atoms with Crippen LogP contribution >= 0.6 is 34.4 Å². The molecule has 7 heteroatoms. The third kappa shape index (κ3) is 4.87. The molecular weight excluding hydrogens is 440 g/mol. The second kappa shape index (κ2) is 7.57. The third-order valence-corrected chi connectivity index (χ3v) is 4.56. The smallest absolute Gasteiger partial charge is 0.417 e. The van der Waals surface area contributed by atoms with Gasteiger partial charge in [0.25, 0.3) is 0 Å². The van der Waals surface area contributed by atoms with E-state index >= 15 is 0 Å². The Hall–Kier alpha value is -1.22. The van der Waals surface area contributed by atoms with Crippen molar-refractivity contribution in [3.8, 4) is 0 Å². The largest absolute Gasteiger partial charge is 0.462 e. The van der Waals surface area contributed by atoms with E-state index in [1.807, 2.05) is 24.3 Å². The molecule has 0 unspecified atom stereocenters. The van der Waals surface area contributed by atoms with Crippen LogP contribution in [0, 0.1) is 3.57 Å². The number of halogens is 4. The Bertz CT molecular complexity index is 699. The highest BCUT2D eigenvalue weighted by molar-refractivity contribution is 14.1. The first-order valence-electron chi connectivity index (χ1n) is 6.63. The Balaban J connectivity index is 2.36. The van der Waals surface area contributed by atoms with Crippen LogP contribution in [0.5, 0.6) is 0 Å². The van der Waals surface area contributed by atoms with Gasteiger partial charge in [-0.05, 0) is 72.0 Å². The summed E-state index contributed by atoms with van der Waals surface area (Å²) in [5, 5.41) is 0. The molecule has 0 heterocycles. The summed E-state index contributed by atoms with van der Waals surface area (Å²) >= 11 is 3.36. The van der Waals surface area contributed by atoms with E-state index in [0.717, 1.165) is 20.6 Å². The Morgan fingerprint density at radius 2 is 1.74 bits per heavy atom. The quantitative estimate of drug-likeness (QED) is 0.444. The zero-order valence-corrected chi connectivity index (χ0v) is 15.0. The lowest BCUT2D eigenvalue weighted by Gasteiger charge is -2.13. The molecule has 0 saturated heterocycles. The van der Waals surface area contributed by atoms with Crippen LogP contribution in [0.4, 0.5) is 13.2 Å². The van der Waals surface area contributed by atoms with Gasteiger partial charge in [-0.25, -0.2) is 4.79 Å². The number of hydrogen-bond acceptors (Lipinski definition) is 3. The molecular formula is C16H12F3IO2S. The van der Waals surface area contributed by atoms with Crippen LogP contribution in [0.1, 0.15) is 22.8 Å². The number of esters is 1. The SMILES string of the molecule is CCOC(=O)c1ccc(Sc2ccc(I)cc2)cc1C(F)(F)F. The summed E-state index contributed by atoms with van der Waals surface area (Å²) in [6, 6.07) is 11.0. The molecule has 0 amide bonds. The maximum absolute atomic E-state index is 13.2. The first-order valence-corrected chi connectivity index (χ1v) is 8.52. The number of hydrogen-bond donors (Lipinski definition) is 0. The average Bonchev–Trinajstić information content (AvgIpc) is 2.49. The number of carbonyl (C=O) groups excluding carboxylic acids is 1. The van der Waals surface area contributed by atoms with E-state index < -0.39 is 23.3 Å². The monoisotopic (exact) mass is 452 g/mol. The molecule has 0 aromatic heterocycles. The summed E-state index contributed by atoms with van der Waals surface area (Å²) in [6.45, 7) is 1.57. The Morgan fingerprint density at radius 1 is 1.13 bits per heavy atom. The summed E-state index contributed by atoms with van der Waals surface area (Å²) in [4.78, 5) is 12.9. The minimum absolute atomic E-state index is 0.0231. The second-order valence-electron chi connectivity index (χ2n) is 4.48. The van der Waals surface area contributed by atoms with Crippen molar-refractivity contribution in [3.05, 3.63) is 57.2 Å². The third-order valence-electron chi connectivity index (χ3n) is 2.84. The highest BCUT2D eigenvalue weighted by Crippen LogP contribution is 2.37. The molecule has 0 spiro atoms. The van der Waals surface area contributed by atoms with E-state index in [1.54, 1.807) is 6.92 Å². The summed E-state index contributed by atoms with van der Waals surface area (Å²) in [5.41, 5.74) is -1.45. The Labute approximate surface area is 149 Å². The van der Waals surface area contributed by atoms with Crippen molar-refractivity contribution in [2.24, 2.45) is 0 Å². The van der Waals surface area contributed by atoms with Crippen LogP contribution in [0.3, 0.4) is 0 Å². The van der Waals surface area contributed by atoms with Gasteiger partial charge in [-0.3, -0.25) is 0 Å². The topological polar surface area (TPSA) is 26.3 Å². The fourth-order valence-corrected chi connectivity index (χ4v) is 3.06. The molecule has 0 aliphatic rings. The summed E-state index contributed by atoms with van der Waals surface area (Å²) in [6.07, 6.45) is -4.62. The zero-order valence-electron chi connectivity index (χ0n) is 12.0.